The van der Waals surface area contributed by atoms with E-state index in [1.165, 1.54) is 0 Å². The number of hydrogen-bond donors (Lipinski definition) is 2. The molecule has 2 rings (SSSR count). The highest BCUT2D eigenvalue weighted by atomic mass is 16.5. The molecule has 1 heterocycles. The first-order valence-corrected chi connectivity index (χ1v) is 5.68. The predicted molar refractivity (Wildman–Crippen MR) is 66.5 cm³/mol. The van der Waals surface area contributed by atoms with E-state index in [4.69, 9.17) is 9.84 Å². The topological polar surface area (TPSA) is 75.2 Å². The van der Waals surface area contributed by atoms with Crippen molar-refractivity contribution >= 4 is 5.97 Å². The molecule has 0 spiro atoms. The third-order valence-electron chi connectivity index (χ3n) is 2.41. The molecule has 5 heteroatoms. The van der Waals surface area contributed by atoms with Gasteiger partial charge in [0.25, 0.3) is 0 Å². The van der Waals surface area contributed by atoms with Crippen molar-refractivity contribution in [1.82, 2.24) is 9.97 Å². The lowest BCUT2D eigenvalue weighted by Gasteiger charge is -2.03. The molecule has 1 aromatic carbocycles. The molecule has 0 saturated heterocycles. The van der Waals surface area contributed by atoms with Crippen molar-refractivity contribution in [3.8, 4) is 17.1 Å². The van der Waals surface area contributed by atoms with E-state index in [-0.39, 0.29) is 6.42 Å². The molecule has 0 unspecified atom stereocenters. The number of carboxylic acids is 1. The van der Waals surface area contributed by atoms with Crippen LogP contribution in [0.25, 0.3) is 11.4 Å². The van der Waals surface area contributed by atoms with E-state index in [2.05, 4.69) is 9.97 Å². The quantitative estimate of drug-likeness (QED) is 0.847. The number of aromatic nitrogens is 2. The summed E-state index contributed by atoms with van der Waals surface area (Å²) in [7, 11) is 0. The van der Waals surface area contributed by atoms with Gasteiger partial charge in [-0.25, -0.2) is 4.98 Å². The first-order valence-electron chi connectivity index (χ1n) is 5.68. The van der Waals surface area contributed by atoms with Crippen molar-refractivity contribution in [3.05, 3.63) is 36.2 Å². The van der Waals surface area contributed by atoms with Gasteiger partial charge in [0, 0.05) is 17.5 Å². The SMILES string of the molecule is CCOc1ccc(-c2ncc(CC(=O)O)[nH]2)cc1. The summed E-state index contributed by atoms with van der Waals surface area (Å²) >= 11 is 0. The molecule has 0 aliphatic rings. The van der Waals surface area contributed by atoms with Crippen molar-refractivity contribution in [3.63, 3.8) is 0 Å². The molecular formula is C13H14N2O3. The lowest BCUT2D eigenvalue weighted by Crippen LogP contribution is -1.99. The normalized spacial score (nSPS) is 10.3. The van der Waals surface area contributed by atoms with Gasteiger partial charge in [0.1, 0.15) is 11.6 Å². The number of nitrogens with one attached hydrogen (secondary N) is 1. The molecule has 0 radical (unpaired) electrons. The second-order valence-corrected chi connectivity index (χ2v) is 3.78. The summed E-state index contributed by atoms with van der Waals surface area (Å²) in [6, 6.07) is 7.49. The molecule has 1 aromatic heterocycles. The Morgan fingerprint density at radius 1 is 1.39 bits per heavy atom. The smallest absolute Gasteiger partial charge is 0.309 e. The maximum atomic E-state index is 10.6. The second kappa shape index (κ2) is 5.35. The van der Waals surface area contributed by atoms with Crippen LogP contribution >= 0.6 is 0 Å². The molecule has 0 amide bonds. The number of rotatable bonds is 5. The Labute approximate surface area is 104 Å². The zero-order chi connectivity index (χ0) is 13.0. The number of H-pyrrole nitrogens is 1. The summed E-state index contributed by atoms with van der Waals surface area (Å²) < 4.78 is 5.35. The van der Waals surface area contributed by atoms with Gasteiger partial charge < -0.3 is 14.8 Å². The fourth-order valence-electron chi connectivity index (χ4n) is 1.63. The third kappa shape index (κ3) is 2.88. The van der Waals surface area contributed by atoms with Gasteiger partial charge in [-0.2, -0.15) is 0 Å². The van der Waals surface area contributed by atoms with E-state index in [1.807, 2.05) is 31.2 Å². The van der Waals surface area contributed by atoms with Crippen LogP contribution in [-0.4, -0.2) is 27.7 Å². The van der Waals surface area contributed by atoms with Gasteiger partial charge in [0.15, 0.2) is 0 Å². The average Bonchev–Trinajstić information content (AvgIpc) is 2.78. The Morgan fingerprint density at radius 2 is 2.11 bits per heavy atom. The Bertz CT molecular complexity index is 531. The number of hydrogen-bond acceptors (Lipinski definition) is 3. The third-order valence-corrected chi connectivity index (χ3v) is 2.41. The number of nitrogens with zero attached hydrogens (tertiary/aromatic N) is 1. The van der Waals surface area contributed by atoms with Crippen LogP contribution in [-0.2, 0) is 11.2 Å². The number of carbonyl (C=O) groups is 1. The summed E-state index contributed by atoms with van der Waals surface area (Å²) in [5, 5.41) is 8.68. The van der Waals surface area contributed by atoms with Gasteiger partial charge in [-0.1, -0.05) is 0 Å². The summed E-state index contributed by atoms with van der Waals surface area (Å²) in [6.07, 6.45) is 1.49. The molecule has 5 nitrogen and oxygen atoms in total. The highest BCUT2D eigenvalue weighted by molar-refractivity contribution is 5.70. The van der Waals surface area contributed by atoms with E-state index >= 15 is 0 Å². The van der Waals surface area contributed by atoms with Gasteiger partial charge >= 0.3 is 5.97 Å². The molecule has 2 aromatic rings. The molecule has 0 aliphatic carbocycles. The van der Waals surface area contributed by atoms with Crippen LogP contribution in [0.4, 0.5) is 0 Å². The van der Waals surface area contributed by atoms with Crippen LogP contribution in [0.1, 0.15) is 12.6 Å². The van der Waals surface area contributed by atoms with Crippen molar-refractivity contribution in [2.45, 2.75) is 13.3 Å². The lowest BCUT2D eigenvalue weighted by atomic mass is 10.2. The Hall–Kier alpha value is -2.30. The summed E-state index contributed by atoms with van der Waals surface area (Å²) in [4.78, 5) is 17.7. The van der Waals surface area contributed by atoms with Crippen molar-refractivity contribution in [1.29, 1.82) is 0 Å². The van der Waals surface area contributed by atoms with Gasteiger partial charge in [0.05, 0.1) is 13.0 Å². The van der Waals surface area contributed by atoms with Crippen LogP contribution in [0.2, 0.25) is 0 Å². The number of imidazole rings is 1. The largest absolute Gasteiger partial charge is 0.494 e. The summed E-state index contributed by atoms with van der Waals surface area (Å²) in [6.45, 7) is 2.56. The minimum absolute atomic E-state index is 0.0516. The first kappa shape index (κ1) is 12.2. The molecule has 0 atom stereocenters. The number of ether oxygens (including phenoxy) is 1. The van der Waals surface area contributed by atoms with E-state index in [9.17, 15) is 4.79 Å². The molecule has 0 saturated carbocycles. The second-order valence-electron chi connectivity index (χ2n) is 3.78. The van der Waals surface area contributed by atoms with E-state index < -0.39 is 5.97 Å². The van der Waals surface area contributed by atoms with E-state index in [0.29, 0.717) is 18.1 Å². The van der Waals surface area contributed by atoms with Crippen LogP contribution in [0, 0.1) is 0 Å². The van der Waals surface area contributed by atoms with Crippen molar-refractivity contribution in [2.75, 3.05) is 6.61 Å². The fourth-order valence-corrected chi connectivity index (χ4v) is 1.63. The zero-order valence-corrected chi connectivity index (χ0v) is 10.0. The van der Waals surface area contributed by atoms with Crippen LogP contribution < -0.4 is 4.74 Å². The van der Waals surface area contributed by atoms with Gasteiger partial charge in [-0.3, -0.25) is 4.79 Å². The Morgan fingerprint density at radius 3 is 2.72 bits per heavy atom. The molecular weight excluding hydrogens is 232 g/mol. The van der Waals surface area contributed by atoms with Gasteiger partial charge in [-0.15, -0.1) is 0 Å². The van der Waals surface area contributed by atoms with Crippen molar-refractivity contribution < 1.29 is 14.6 Å². The van der Waals surface area contributed by atoms with Crippen molar-refractivity contribution in [2.24, 2.45) is 0 Å². The van der Waals surface area contributed by atoms with Crippen LogP contribution in [0.15, 0.2) is 30.5 Å². The number of carboxylic acid groups (broad SMARTS) is 1. The minimum atomic E-state index is -0.878. The lowest BCUT2D eigenvalue weighted by molar-refractivity contribution is -0.136. The number of benzene rings is 1. The number of aliphatic carboxylic acids is 1. The monoisotopic (exact) mass is 246 g/mol. The summed E-state index contributed by atoms with van der Waals surface area (Å²) in [5.41, 5.74) is 1.49. The van der Waals surface area contributed by atoms with Gasteiger partial charge in [-0.05, 0) is 31.2 Å². The maximum Gasteiger partial charge on any atom is 0.309 e. The molecule has 94 valence electrons. The first-order chi connectivity index (χ1) is 8.69. The van der Waals surface area contributed by atoms with Gasteiger partial charge in [0.2, 0.25) is 0 Å². The van der Waals surface area contributed by atoms with Crippen LogP contribution in [0.3, 0.4) is 0 Å². The molecule has 0 aliphatic heterocycles. The Balaban J connectivity index is 2.15. The fraction of sp³-hybridized carbons (Fsp3) is 0.231. The van der Waals surface area contributed by atoms with Crippen LogP contribution in [0.5, 0.6) is 5.75 Å². The highest BCUT2D eigenvalue weighted by Gasteiger charge is 2.06. The van der Waals surface area contributed by atoms with E-state index in [1.54, 1.807) is 6.20 Å². The minimum Gasteiger partial charge on any atom is -0.494 e. The maximum absolute atomic E-state index is 10.6. The predicted octanol–water partition coefficient (Wildman–Crippen LogP) is 2.10. The Kier molecular flexibility index (Phi) is 3.62. The summed E-state index contributed by atoms with van der Waals surface area (Å²) in [5.74, 6) is 0.588. The highest BCUT2D eigenvalue weighted by Crippen LogP contribution is 2.20. The number of aromatic amines is 1. The standard InChI is InChI=1S/C13H14N2O3/c1-2-18-11-5-3-9(4-6-11)13-14-8-10(15-13)7-12(16)17/h3-6,8H,2,7H2,1H3,(H,14,15)(H,16,17). The molecule has 2 N–H and O–H groups in total. The zero-order valence-electron chi connectivity index (χ0n) is 10.0. The molecule has 18 heavy (non-hydrogen) atoms. The molecule has 0 fully saturated rings. The average molecular weight is 246 g/mol. The molecule has 0 bridgehead atoms. The van der Waals surface area contributed by atoms with E-state index in [0.717, 1.165) is 11.3 Å².